The number of anilines is 3. The van der Waals surface area contributed by atoms with Crippen LogP contribution in [0.2, 0.25) is 0 Å². The first-order valence-corrected chi connectivity index (χ1v) is 18.9. The molecule has 256 valence electrons. The number of hydrogen-bond donors (Lipinski definition) is 0. The van der Waals surface area contributed by atoms with Gasteiger partial charge in [0.2, 0.25) is 0 Å². The maximum absolute atomic E-state index is 2.51. The molecule has 1 nitrogen and oxygen atoms in total. The van der Waals surface area contributed by atoms with Crippen LogP contribution in [0.5, 0.6) is 0 Å². The summed E-state index contributed by atoms with van der Waals surface area (Å²) in [4.78, 5) is 2.51. The van der Waals surface area contributed by atoms with E-state index in [1.165, 1.54) is 82.9 Å². The third-order valence-corrected chi connectivity index (χ3v) is 11.5. The molecule has 1 aliphatic carbocycles. The summed E-state index contributed by atoms with van der Waals surface area (Å²) in [6.07, 6.45) is 0. The van der Waals surface area contributed by atoms with Crippen LogP contribution in [0.25, 0.3) is 66.1 Å². The molecule has 0 heterocycles. The predicted octanol–water partition coefficient (Wildman–Crippen LogP) is 14.8. The third-order valence-electron chi connectivity index (χ3n) is 11.5. The molecule has 0 aliphatic heterocycles. The third kappa shape index (κ3) is 5.16. The van der Waals surface area contributed by atoms with Gasteiger partial charge < -0.3 is 4.90 Å². The highest BCUT2D eigenvalue weighted by Gasteiger charge is 2.38. The fourth-order valence-electron chi connectivity index (χ4n) is 8.81. The summed E-state index contributed by atoms with van der Waals surface area (Å²) >= 11 is 0. The lowest BCUT2D eigenvalue weighted by molar-refractivity contribution is 0.660. The highest BCUT2D eigenvalue weighted by Crippen LogP contribution is 2.55. The zero-order valence-electron chi connectivity index (χ0n) is 30.5. The Bertz CT molecular complexity index is 2830. The minimum Gasteiger partial charge on any atom is -0.309 e. The molecule has 0 spiro atoms. The Hall–Kier alpha value is -6.70. The Morgan fingerprint density at radius 3 is 1.65 bits per heavy atom. The monoisotopic (exact) mass is 689 g/mol. The fraction of sp³-hybridized carbons (Fsp3) is 0.0566. The summed E-state index contributed by atoms with van der Waals surface area (Å²) in [6.45, 7) is 4.72. The lowest BCUT2D eigenvalue weighted by Crippen LogP contribution is -2.16. The van der Waals surface area contributed by atoms with Gasteiger partial charge in [0.05, 0.1) is 11.4 Å². The van der Waals surface area contributed by atoms with E-state index in [0.717, 1.165) is 11.4 Å². The van der Waals surface area contributed by atoms with Crippen LogP contribution in [0.3, 0.4) is 0 Å². The Morgan fingerprint density at radius 2 is 0.889 bits per heavy atom. The second kappa shape index (κ2) is 12.8. The molecule has 0 N–H and O–H groups in total. The van der Waals surface area contributed by atoms with Crippen LogP contribution >= 0.6 is 0 Å². The highest BCUT2D eigenvalue weighted by atomic mass is 15.1. The normalized spacial score (nSPS) is 12.8. The van der Waals surface area contributed by atoms with Crippen LogP contribution in [0, 0.1) is 0 Å². The molecule has 0 aromatic heterocycles. The Labute approximate surface area is 317 Å². The molecule has 0 amide bonds. The summed E-state index contributed by atoms with van der Waals surface area (Å²) in [6, 6.07) is 73.5. The maximum atomic E-state index is 2.51. The smallest absolute Gasteiger partial charge is 0.0543 e. The molecular weight excluding hydrogens is 651 g/mol. The first-order chi connectivity index (χ1) is 26.6. The molecule has 0 unspecified atom stereocenters. The van der Waals surface area contributed by atoms with Crippen molar-refractivity contribution < 1.29 is 0 Å². The molecule has 9 aromatic carbocycles. The Kier molecular flexibility index (Phi) is 7.56. The maximum Gasteiger partial charge on any atom is 0.0543 e. The van der Waals surface area contributed by atoms with Crippen LogP contribution in [-0.4, -0.2) is 0 Å². The van der Waals surface area contributed by atoms with Crippen molar-refractivity contribution in [2.45, 2.75) is 19.3 Å². The lowest BCUT2D eigenvalue weighted by atomic mass is 9.82. The Morgan fingerprint density at radius 1 is 0.352 bits per heavy atom. The van der Waals surface area contributed by atoms with Crippen LogP contribution < -0.4 is 4.90 Å². The molecule has 9 aromatic rings. The number of rotatable bonds is 6. The van der Waals surface area contributed by atoms with E-state index in [1.807, 2.05) is 0 Å². The van der Waals surface area contributed by atoms with Crippen molar-refractivity contribution in [1.82, 2.24) is 0 Å². The van der Waals surface area contributed by atoms with Gasteiger partial charge >= 0.3 is 0 Å². The second-order valence-electron chi connectivity index (χ2n) is 14.9. The van der Waals surface area contributed by atoms with Crippen molar-refractivity contribution in [1.29, 1.82) is 0 Å². The van der Waals surface area contributed by atoms with E-state index in [1.54, 1.807) is 0 Å². The standard InChI is InChI=1S/C53H39N/c1-53(2)48-26-11-10-23-46(48)52-49(53)27-14-28-51(52)54(41-32-29-37(30-33-41)36-15-4-3-5-16-36)50-34-31-40(44-24-12-19-38-17-6-8-21-42(38)44)35-47(50)45-25-13-20-39-18-7-9-22-43(39)45/h3-35H,1-2H3. The number of fused-ring (bicyclic) bond motifs is 5. The largest absolute Gasteiger partial charge is 0.309 e. The van der Waals surface area contributed by atoms with E-state index in [0.29, 0.717) is 0 Å². The van der Waals surface area contributed by atoms with Crippen molar-refractivity contribution in [2.24, 2.45) is 0 Å². The minimum absolute atomic E-state index is 0.124. The van der Waals surface area contributed by atoms with Crippen molar-refractivity contribution in [3.8, 4) is 44.5 Å². The van der Waals surface area contributed by atoms with E-state index in [9.17, 15) is 0 Å². The molecule has 1 heteroatoms. The molecule has 54 heavy (non-hydrogen) atoms. The molecule has 1 aliphatic rings. The molecule has 0 bridgehead atoms. The summed E-state index contributed by atoms with van der Waals surface area (Å²) < 4.78 is 0. The molecule has 0 saturated heterocycles. The summed E-state index contributed by atoms with van der Waals surface area (Å²) in [5, 5.41) is 4.96. The van der Waals surface area contributed by atoms with E-state index < -0.39 is 0 Å². The van der Waals surface area contributed by atoms with Gasteiger partial charge in [0.15, 0.2) is 0 Å². The Balaban J connectivity index is 1.27. The van der Waals surface area contributed by atoms with Crippen LogP contribution in [0.1, 0.15) is 25.0 Å². The first kappa shape index (κ1) is 32.0. The number of benzene rings is 9. The van der Waals surface area contributed by atoms with Crippen molar-refractivity contribution >= 4 is 38.6 Å². The molecule has 0 radical (unpaired) electrons. The van der Waals surface area contributed by atoms with Crippen LogP contribution in [0.4, 0.5) is 17.1 Å². The van der Waals surface area contributed by atoms with Gasteiger partial charge in [0.25, 0.3) is 0 Å². The van der Waals surface area contributed by atoms with Gasteiger partial charge in [-0.1, -0.05) is 184 Å². The number of nitrogens with zero attached hydrogens (tertiary/aromatic N) is 1. The van der Waals surface area contributed by atoms with E-state index in [-0.39, 0.29) is 5.41 Å². The minimum atomic E-state index is -0.124. The average Bonchev–Trinajstić information content (AvgIpc) is 3.47. The SMILES string of the molecule is CC1(C)c2ccccc2-c2c(N(c3ccc(-c4ccccc4)cc3)c3ccc(-c4cccc5ccccc45)cc3-c3cccc4ccccc34)cccc21. The van der Waals surface area contributed by atoms with E-state index in [4.69, 9.17) is 0 Å². The fourth-order valence-corrected chi connectivity index (χ4v) is 8.81. The quantitative estimate of drug-likeness (QED) is 0.168. The van der Waals surface area contributed by atoms with Gasteiger partial charge in [-0.05, 0) is 96.4 Å². The van der Waals surface area contributed by atoms with Crippen molar-refractivity contribution in [3.05, 3.63) is 211 Å². The average molecular weight is 690 g/mol. The lowest BCUT2D eigenvalue weighted by Gasteiger charge is -2.31. The highest BCUT2D eigenvalue weighted by molar-refractivity contribution is 6.05. The van der Waals surface area contributed by atoms with Crippen LogP contribution in [-0.2, 0) is 5.41 Å². The molecular formula is C53H39N. The summed E-state index contributed by atoms with van der Waals surface area (Å²) in [5.41, 5.74) is 15.9. The van der Waals surface area contributed by atoms with Gasteiger partial charge in [0.1, 0.15) is 0 Å². The zero-order valence-corrected chi connectivity index (χ0v) is 30.5. The van der Waals surface area contributed by atoms with Gasteiger partial charge in [-0.15, -0.1) is 0 Å². The topological polar surface area (TPSA) is 3.24 Å². The number of hydrogen-bond acceptors (Lipinski definition) is 1. The van der Waals surface area contributed by atoms with Gasteiger partial charge in [-0.25, -0.2) is 0 Å². The van der Waals surface area contributed by atoms with E-state index in [2.05, 4.69) is 219 Å². The van der Waals surface area contributed by atoms with Crippen molar-refractivity contribution in [2.75, 3.05) is 4.90 Å². The van der Waals surface area contributed by atoms with Gasteiger partial charge in [-0.3, -0.25) is 0 Å². The second-order valence-corrected chi connectivity index (χ2v) is 14.9. The van der Waals surface area contributed by atoms with Crippen LogP contribution in [0.15, 0.2) is 200 Å². The first-order valence-electron chi connectivity index (χ1n) is 18.9. The van der Waals surface area contributed by atoms with E-state index >= 15 is 0 Å². The molecule has 0 fully saturated rings. The van der Waals surface area contributed by atoms with Gasteiger partial charge in [-0.2, -0.15) is 0 Å². The summed E-state index contributed by atoms with van der Waals surface area (Å²) in [5.74, 6) is 0. The molecule has 0 atom stereocenters. The summed E-state index contributed by atoms with van der Waals surface area (Å²) in [7, 11) is 0. The van der Waals surface area contributed by atoms with Crippen molar-refractivity contribution in [3.63, 3.8) is 0 Å². The molecule has 10 rings (SSSR count). The predicted molar refractivity (Wildman–Crippen MR) is 230 cm³/mol. The van der Waals surface area contributed by atoms with Gasteiger partial charge in [0, 0.05) is 22.2 Å². The zero-order chi connectivity index (χ0) is 36.2. The molecule has 0 saturated carbocycles.